The molecule has 0 saturated heterocycles. The number of ketones is 1. The first-order valence-electron chi connectivity index (χ1n) is 5.01. The molecule has 2 nitrogen and oxygen atoms in total. The first-order chi connectivity index (χ1) is 7.06. The summed E-state index contributed by atoms with van der Waals surface area (Å²) in [5.41, 5.74) is 1.68. The molecular weight excluding hydrogens is 210 g/mol. The molecule has 82 valence electrons. The fourth-order valence-electron chi connectivity index (χ4n) is 1.43. The molecule has 3 heteroatoms. The largest absolute Gasteiger partial charge is 0.319 e. The van der Waals surface area contributed by atoms with Crippen molar-refractivity contribution in [1.29, 1.82) is 0 Å². The summed E-state index contributed by atoms with van der Waals surface area (Å²) < 4.78 is 0. The van der Waals surface area contributed by atoms with Gasteiger partial charge in [0.1, 0.15) is 0 Å². The van der Waals surface area contributed by atoms with Gasteiger partial charge in [-0.25, -0.2) is 0 Å². The van der Waals surface area contributed by atoms with E-state index in [1.165, 1.54) is 0 Å². The molecule has 0 aliphatic heterocycles. The average molecular weight is 226 g/mol. The van der Waals surface area contributed by atoms with Gasteiger partial charge in [0.25, 0.3) is 0 Å². The van der Waals surface area contributed by atoms with Crippen molar-refractivity contribution in [3.05, 3.63) is 34.3 Å². The molecule has 0 saturated carbocycles. The van der Waals surface area contributed by atoms with Crippen molar-refractivity contribution >= 4 is 17.4 Å². The maximum absolute atomic E-state index is 11.9. The number of carbonyl (C=O) groups excluding carboxylic acids is 1. The van der Waals surface area contributed by atoms with Gasteiger partial charge in [-0.05, 0) is 25.6 Å². The highest BCUT2D eigenvalue weighted by Gasteiger charge is 2.14. The van der Waals surface area contributed by atoms with Crippen LogP contribution in [0.15, 0.2) is 18.2 Å². The van der Waals surface area contributed by atoms with Crippen LogP contribution in [0, 0.1) is 12.8 Å². The quantitative estimate of drug-likeness (QED) is 0.799. The Morgan fingerprint density at radius 1 is 1.53 bits per heavy atom. The number of aryl methyl sites for hydroxylation is 1. The van der Waals surface area contributed by atoms with Gasteiger partial charge in [0.2, 0.25) is 0 Å². The lowest BCUT2D eigenvalue weighted by Crippen LogP contribution is -2.23. The van der Waals surface area contributed by atoms with Gasteiger partial charge < -0.3 is 5.32 Å². The zero-order valence-electron chi connectivity index (χ0n) is 9.30. The molecule has 0 heterocycles. The van der Waals surface area contributed by atoms with Gasteiger partial charge in [0, 0.05) is 23.0 Å². The molecule has 1 aromatic rings. The van der Waals surface area contributed by atoms with E-state index in [0.717, 1.165) is 5.56 Å². The van der Waals surface area contributed by atoms with Crippen LogP contribution in [0.3, 0.4) is 0 Å². The monoisotopic (exact) mass is 225 g/mol. The van der Waals surface area contributed by atoms with E-state index in [1.807, 2.05) is 33.0 Å². The van der Waals surface area contributed by atoms with E-state index in [-0.39, 0.29) is 11.7 Å². The number of hydrogen-bond donors (Lipinski definition) is 1. The summed E-state index contributed by atoms with van der Waals surface area (Å²) >= 11 is 5.97. The third-order valence-electron chi connectivity index (χ3n) is 2.41. The van der Waals surface area contributed by atoms with Gasteiger partial charge in [-0.15, -0.1) is 0 Å². The molecular formula is C12H16ClNO. The zero-order chi connectivity index (χ0) is 11.4. The van der Waals surface area contributed by atoms with Crippen LogP contribution in [0.25, 0.3) is 0 Å². The van der Waals surface area contributed by atoms with Crippen molar-refractivity contribution in [3.63, 3.8) is 0 Å². The van der Waals surface area contributed by atoms with Crippen LogP contribution in [-0.2, 0) is 0 Å². The summed E-state index contributed by atoms with van der Waals surface area (Å²) in [4.78, 5) is 11.9. The molecule has 0 spiro atoms. The fraction of sp³-hybridized carbons (Fsp3) is 0.417. The highest BCUT2D eigenvalue weighted by atomic mass is 35.5. The Morgan fingerprint density at radius 2 is 2.20 bits per heavy atom. The van der Waals surface area contributed by atoms with Crippen LogP contribution in [0.5, 0.6) is 0 Å². The Balaban J connectivity index is 2.87. The minimum atomic E-state index is -0.0197. The number of Topliss-reactive ketones (excluding diaryl/α,β-unsaturated/α-hetero) is 1. The molecule has 0 amide bonds. The second-order valence-corrected chi connectivity index (χ2v) is 4.19. The number of carbonyl (C=O) groups is 1. The van der Waals surface area contributed by atoms with Crippen LogP contribution >= 0.6 is 11.6 Å². The molecule has 1 atom stereocenters. The Morgan fingerprint density at radius 3 is 2.73 bits per heavy atom. The van der Waals surface area contributed by atoms with Crippen molar-refractivity contribution in [1.82, 2.24) is 5.32 Å². The zero-order valence-corrected chi connectivity index (χ0v) is 10.1. The van der Waals surface area contributed by atoms with E-state index in [1.54, 1.807) is 6.07 Å². The number of hydrogen-bond acceptors (Lipinski definition) is 2. The Hall–Kier alpha value is -0.860. The summed E-state index contributed by atoms with van der Waals surface area (Å²) in [5, 5.41) is 3.64. The lowest BCUT2D eigenvalue weighted by atomic mass is 9.98. The third kappa shape index (κ3) is 3.05. The first kappa shape index (κ1) is 12.2. The van der Waals surface area contributed by atoms with E-state index >= 15 is 0 Å². The summed E-state index contributed by atoms with van der Waals surface area (Å²) in [7, 11) is 1.84. The molecule has 0 aromatic heterocycles. The van der Waals surface area contributed by atoms with Crippen molar-refractivity contribution in [3.8, 4) is 0 Å². The number of rotatable bonds is 4. The molecule has 15 heavy (non-hydrogen) atoms. The predicted molar refractivity (Wildman–Crippen MR) is 63.6 cm³/mol. The summed E-state index contributed by atoms with van der Waals surface area (Å²) in [6.07, 6.45) is 0. The lowest BCUT2D eigenvalue weighted by Gasteiger charge is -2.10. The van der Waals surface area contributed by atoms with Crippen molar-refractivity contribution in [2.24, 2.45) is 5.92 Å². The minimum absolute atomic E-state index is 0.0197. The molecule has 0 fully saturated rings. The maximum atomic E-state index is 11.9. The molecule has 0 aliphatic rings. The van der Waals surface area contributed by atoms with Gasteiger partial charge in [0.05, 0.1) is 0 Å². The van der Waals surface area contributed by atoms with E-state index < -0.39 is 0 Å². The van der Waals surface area contributed by atoms with Gasteiger partial charge in [-0.2, -0.15) is 0 Å². The van der Waals surface area contributed by atoms with Crippen LogP contribution in [0.1, 0.15) is 22.8 Å². The summed E-state index contributed by atoms with van der Waals surface area (Å²) in [5.74, 6) is 0.111. The Bertz CT molecular complexity index is 363. The highest BCUT2D eigenvalue weighted by Crippen LogP contribution is 2.18. The van der Waals surface area contributed by atoms with Crippen LogP contribution < -0.4 is 5.32 Å². The third-order valence-corrected chi connectivity index (χ3v) is 2.82. The Labute approximate surface area is 95.6 Å². The maximum Gasteiger partial charge on any atom is 0.166 e. The molecule has 1 aromatic carbocycles. The molecule has 1 unspecified atom stereocenters. The van der Waals surface area contributed by atoms with Crippen molar-refractivity contribution in [2.75, 3.05) is 13.6 Å². The van der Waals surface area contributed by atoms with Crippen molar-refractivity contribution in [2.45, 2.75) is 13.8 Å². The SMILES string of the molecule is CNCC(C)C(=O)c1ccc(C)c(Cl)c1. The first-order valence-corrected chi connectivity index (χ1v) is 5.39. The number of halogens is 1. The standard InChI is InChI=1S/C12H16ClNO/c1-8-4-5-10(6-11(8)13)12(15)9(2)7-14-3/h4-6,9,14H,7H2,1-3H3. The van der Waals surface area contributed by atoms with E-state index in [2.05, 4.69) is 5.32 Å². The normalized spacial score (nSPS) is 12.5. The molecule has 0 aliphatic carbocycles. The minimum Gasteiger partial charge on any atom is -0.319 e. The van der Waals surface area contributed by atoms with Crippen LogP contribution in [-0.4, -0.2) is 19.4 Å². The molecule has 0 radical (unpaired) electrons. The number of benzene rings is 1. The van der Waals surface area contributed by atoms with Crippen LogP contribution in [0.2, 0.25) is 5.02 Å². The summed E-state index contributed by atoms with van der Waals surface area (Å²) in [6, 6.07) is 5.45. The molecule has 1 N–H and O–H groups in total. The molecule has 1 rings (SSSR count). The van der Waals surface area contributed by atoms with E-state index in [4.69, 9.17) is 11.6 Å². The number of nitrogens with one attached hydrogen (secondary N) is 1. The van der Waals surface area contributed by atoms with Crippen molar-refractivity contribution < 1.29 is 4.79 Å². The topological polar surface area (TPSA) is 29.1 Å². The Kier molecular flexibility index (Phi) is 4.30. The van der Waals surface area contributed by atoms with Gasteiger partial charge in [-0.3, -0.25) is 4.79 Å². The molecule has 0 bridgehead atoms. The van der Waals surface area contributed by atoms with Gasteiger partial charge >= 0.3 is 0 Å². The van der Waals surface area contributed by atoms with E-state index in [0.29, 0.717) is 17.1 Å². The van der Waals surface area contributed by atoms with E-state index in [9.17, 15) is 4.79 Å². The second kappa shape index (κ2) is 5.29. The smallest absolute Gasteiger partial charge is 0.166 e. The lowest BCUT2D eigenvalue weighted by molar-refractivity contribution is 0.0930. The van der Waals surface area contributed by atoms with Crippen LogP contribution in [0.4, 0.5) is 0 Å². The fourth-order valence-corrected chi connectivity index (χ4v) is 1.61. The second-order valence-electron chi connectivity index (χ2n) is 3.79. The average Bonchev–Trinajstić information content (AvgIpc) is 2.21. The van der Waals surface area contributed by atoms with Gasteiger partial charge in [0.15, 0.2) is 5.78 Å². The predicted octanol–water partition coefficient (Wildman–Crippen LogP) is 2.69. The highest BCUT2D eigenvalue weighted by molar-refractivity contribution is 6.31. The summed E-state index contributed by atoms with van der Waals surface area (Å²) in [6.45, 7) is 4.52. The van der Waals surface area contributed by atoms with Gasteiger partial charge in [-0.1, -0.05) is 30.7 Å².